The molecular formula is C26H48N3NaO13. The van der Waals surface area contributed by atoms with Crippen LogP contribution >= 0.6 is 0 Å². The number of carbonyl (C=O) groups is 1. The molecule has 0 spiro atoms. The van der Waals surface area contributed by atoms with Gasteiger partial charge in [-0.05, 0) is 6.92 Å². The fourth-order valence-corrected chi connectivity index (χ4v) is 5.78. The molecule has 43 heavy (non-hydrogen) atoms. The zero-order valence-electron chi connectivity index (χ0n) is 25.1. The number of nitrogens with two attached hydrogens (primary N) is 3. The molecule has 0 aromatic carbocycles. The van der Waals surface area contributed by atoms with Gasteiger partial charge in [-0.1, -0.05) is 6.92 Å². The van der Waals surface area contributed by atoms with Crippen molar-refractivity contribution in [2.45, 2.75) is 86.9 Å². The molecule has 15 unspecified atom stereocenters. The van der Waals surface area contributed by atoms with Crippen LogP contribution in [0.3, 0.4) is 0 Å². The minimum atomic E-state index is -1.43. The molecular weight excluding hydrogens is 585 g/mol. The Labute approximate surface area is 273 Å². The summed E-state index contributed by atoms with van der Waals surface area (Å²) in [7, 11) is 0. The standard InChI is InChI=1S/C26H49N3O13.Na/c1-11-15(3-30)41-18(22(28)24(11)34)8-38-6-14-17(7-39-10-20(32)33)42-19(23(29)26(14)36)9-37-5-13-16(4-31)40-12(2)21(27)25(13)35;/h11-19,21-26,30-31,34-36H,3-10,27-29H2,1-2H3,(H,32,33);/q;+1/p-1. The number of ether oxygens (including phenoxy) is 6. The van der Waals surface area contributed by atoms with Crippen LogP contribution in [0, 0.1) is 17.8 Å². The molecule has 0 amide bonds. The number of aliphatic hydroxyl groups is 5. The first-order valence-electron chi connectivity index (χ1n) is 14.3. The van der Waals surface area contributed by atoms with Crippen LogP contribution in [0.5, 0.6) is 0 Å². The van der Waals surface area contributed by atoms with E-state index in [1.54, 1.807) is 13.8 Å². The third-order valence-corrected chi connectivity index (χ3v) is 8.68. The number of carboxylic acids is 1. The monoisotopic (exact) mass is 633 g/mol. The van der Waals surface area contributed by atoms with Gasteiger partial charge in [0.05, 0.1) is 132 Å². The maximum absolute atomic E-state index is 11.1. The Balaban J connectivity index is 0.00000645. The molecule has 15 atom stereocenters. The Bertz CT molecular complexity index is 833. The normalized spacial score (nSPS) is 43.6. The van der Waals surface area contributed by atoms with Crippen LogP contribution in [-0.4, -0.2) is 157 Å². The fourth-order valence-electron chi connectivity index (χ4n) is 5.78. The molecule has 3 saturated heterocycles. The van der Waals surface area contributed by atoms with Gasteiger partial charge >= 0.3 is 29.6 Å². The smallest absolute Gasteiger partial charge is 0.548 e. The average Bonchev–Trinajstić information content (AvgIpc) is 2.96. The van der Waals surface area contributed by atoms with Crippen molar-refractivity contribution in [3.63, 3.8) is 0 Å². The van der Waals surface area contributed by atoms with Gasteiger partial charge in [0.2, 0.25) is 0 Å². The number of carboxylic acid groups (broad SMARTS) is 1. The zero-order chi connectivity index (χ0) is 31.1. The number of aliphatic carboxylic acids is 1. The predicted octanol–water partition coefficient (Wildman–Crippen LogP) is -8.97. The molecule has 0 radical (unpaired) electrons. The second kappa shape index (κ2) is 18.3. The summed E-state index contributed by atoms with van der Waals surface area (Å²) in [6.45, 7) is 1.59. The first-order valence-corrected chi connectivity index (χ1v) is 14.3. The summed E-state index contributed by atoms with van der Waals surface area (Å²) >= 11 is 0. The molecule has 3 aliphatic heterocycles. The Morgan fingerprint density at radius 2 is 1.14 bits per heavy atom. The van der Waals surface area contributed by atoms with Gasteiger partial charge in [0.25, 0.3) is 0 Å². The molecule has 0 aliphatic carbocycles. The Hall–Kier alpha value is -0.0900. The van der Waals surface area contributed by atoms with Gasteiger partial charge in [-0.25, -0.2) is 0 Å². The first-order chi connectivity index (χ1) is 19.9. The summed E-state index contributed by atoms with van der Waals surface area (Å²) in [6, 6.07) is -2.37. The van der Waals surface area contributed by atoms with Crippen molar-refractivity contribution < 1.29 is 93.4 Å². The maximum atomic E-state index is 11.1. The van der Waals surface area contributed by atoms with E-state index in [9.17, 15) is 35.4 Å². The molecule has 11 N–H and O–H groups in total. The van der Waals surface area contributed by atoms with Crippen molar-refractivity contribution in [3.8, 4) is 0 Å². The van der Waals surface area contributed by atoms with E-state index in [2.05, 4.69) is 0 Å². The summed E-state index contributed by atoms with van der Waals surface area (Å²) in [5, 5.41) is 62.2. The minimum absolute atomic E-state index is 0. The molecule has 3 fully saturated rings. The Morgan fingerprint density at radius 1 is 0.674 bits per heavy atom. The molecule has 16 nitrogen and oxygen atoms in total. The van der Waals surface area contributed by atoms with E-state index in [1.165, 1.54) is 0 Å². The van der Waals surface area contributed by atoms with Crippen LogP contribution in [0.15, 0.2) is 0 Å². The van der Waals surface area contributed by atoms with E-state index in [0.717, 1.165) is 0 Å². The van der Waals surface area contributed by atoms with Gasteiger partial charge in [-0.15, -0.1) is 0 Å². The van der Waals surface area contributed by atoms with Crippen molar-refractivity contribution >= 4 is 5.97 Å². The van der Waals surface area contributed by atoms with Crippen LogP contribution in [0.4, 0.5) is 0 Å². The number of carbonyl (C=O) groups excluding carboxylic acids is 1. The van der Waals surface area contributed by atoms with Gasteiger partial charge in [0.15, 0.2) is 0 Å². The molecule has 0 saturated carbocycles. The number of hydrogen-bond acceptors (Lipinski definition) is 16. The molecule has 246 valence electrons. The van der Waals surface area contributed by atoms with Gasteiger partial charge in [-0.2, -0.15) is 0 Å². The maximum Gasteiger partial charge on any atom is 1.00 e. The minimum Gasteiger partial charge on any atom is -0.548 e. The summed E-state index contributed by atoms with van der Waals surface area (Å²) < 4.78 is 34.3. The summed E-state index contributed by atoms with van der Waals surface area (Å²) in [4.78, 5) is 10.9. The van der Waals surface area contributed by atoms with Crippen molar-refractivity contribution in [2.75, 3.05) is 52.9 Å². The van der Waals surface area contributed by atoms with Crippen LogP contribution < -0.4 is 51.9 Å². The number of aliphatic hydroxyl groups excluding tert-OH is 5. The van der Waals surface area contributed by atoms with E-state index >= 15 is 0 Å². The van der Waals surface area contributed by atoms with Crippen molar-refractivity contribution in [1.29, 1.82) is 0 Å². The zero-order valence-corrected chi connectivity index (χ0v) is 27.1. The van der Waals surface area contributed by atoms with Crippen LogP contribution in [-0.2, 0) is 33.2 Å². The Morgan fingerprint density at radius 3 is 1.67 bits per heavy atom. The first kappa shape index (κ1) is 39.1. The molecule has 17 heteroatoms. The topological polar surface area (TPSA) is 275 Å². The SMILES string of the molecule is CC1OC(CO)C(COCC2OC(COCC(=O)[O-])C(COCC3OC(CO)C(C)C(O)C3N)C(O)C2N)C(O)C1N.[Na+]. The summed E-state index contributed by atoms with van der Waals surface area (Å²) in [5.74, 6) is -3.16. The van der Waals surface area contributed by atoms with Crippen molar-refractivity contribution in [2.24, 2.45) is 35.0 Å². The van der Waals surface area contributed by atoms with Gasteiger partial charge < -0.3 is 81.1 Å². The van der Waals surface area contributed by atoms with Gasteiger partial charge in [0, 0.05) is 17.8 Å². The van der Waals surface area contributed by atoms with Crippen molar-refractivity contribution in [3.05, 3.63) is 0 Å². The van der Waals surface area contributed by atoms with E-state index in [1.807, 2.05) is 0 Å². The number of hydrogen-bond donors (Lipinski definition) is 8. The predicted molar refractivity (Wildman–Crippen MR) is 141 cm³/mol. The molecule has 0 aromatic heterocycles. The Kier molecular flexibility index (Phi) is 16.6. The third-order valence-electron chi connectivity index (χ3n) is 8.68. The molecule has 3 heterocycles. The van der Waals surface area contributed by atoms with Crippen molar-refractivity contribution in [1.82, 2.24) is 0 Å². The summed E-state index contributed by atoms with van der Waals surface area (Å²) in [5.41, 5.74) is 18.4. The molecule has 0 aromatic rings. The largest absolute Gasteiger partial charge is 1.00 e. The van der Waals surface area contributed by atoms with E-state index in [4.69, 9.17) is 45.6 Å². The fraction of sp³-hybridized carbons (Fsp3) is 0.962. The average molecular weight is 634 g/mol. The van der Waals surface area contributed by atoms with E-state index < -0.39 is 97.5 Å². The quantitative estimate of drug-likeness (QED) is 0.0825. The molecule has 3 rings (SSSR count). The molecule has 0 bridgehead atoms. The third kappa shape index (κ3) is 9.95. The van der Waals surface area contributed by atoms with E-state index in [-0.39, 0.29) is 81.7 Å². The van der Waals surface area contributed by atoms with Crippen LogP contribution in [0.1, 0.15) is 13.8 Å². The van der Waals surface area contributed by atoms with Crippen LogP contribution in [0.2, 0.25) is 0 Å². The number of rotatable bonds is 14. The van der Waals surface area contributed by atoms with E-state index in [0.29, 0.717) is 0 Å². The van der Waals surface area contributed by atoms with Crippen LogP contribution in [0.25, 0.3) is 0 Å². The van der Waals surface area contributed by atoms with Gasteiger partial charge in [-0.3, -0.25) is 0 Å². The second-order valence-electron chi connectivity index (χ2n) is 11.5. The second-order valence-corrected chi connectivity index (χ2v) is 11.5. The van der Waals surface area contributed by atoms with Gasteiger partial charge in [0.1, 0.15) is 0 Å². The molecule has 3 aliphatic rings. The summed E-state index contributed by atoms with van der Waals surface area (Å²) in [6.07, 6.45) is -7.26.